The van der Waals surface area contributed by atoms with Gasteiger partial charge in [-0.25, -0.2) is 0 Å². The van der Waals surface area contributed by atoms with Gasteiger partial charge in [-0.15, -0.1) is 0 Å². The van der Waals surface area contributed by atoms with Crippen LogP contribution in [-0.2, 0) is 4.79 Å². The van der Waals surface area contributed by atoms with E-state index in [2.05, 4.69) is 12.2 Å². The molecule has 0 aromatic rings. The van der Waals surface area contributed by atoms with Gasteiger partial charge < -0.3 is 11.1 Å². The highest BCUT2D eigenvalue weighted by atomic mass is 16.1. The first kappa shape index (κ1) is 8.43. The Labute approximate surface area is 55.6 Å². The van der Waals surface area contributed by atoms with Crippen LogP contribution in [0.5, 0.6) is 0 Å². The van der Waals surface area contributed by atoms with Crippen molar-refractivity contribution < 1.29 is 4.79 Å². The molecule has 0 heterocycles. The normalized spacial score (nSPS) is 12.7. The summed E-state index contributed by atoms with van der Waals surface area (Å²) < 4.78 is 0. The molecule has 0 aromatic heterocycles. The molecule has 3 N–H and O–H groups in total. The van der Waals surface area contributed by atoms with Gasteiger partial charge in [0.25, 0.3) is 0 Å². The molecule has 0 radical (unpaired) electrons. The van der Waals surface area contributed by atoms with Crippen LogP contribution in [0, 0.1) is 5.92 Å². The molecule has 0 bridgehead atoms. The van der Waals surface area contributed by atoms with Gasteiger partial charge in [0.05, 0.1) is 0 Å². The molecule has 1 amide bonds. The smallest absolute Gasteiger partial charge is 0.207 e. The monoisotopic (exact) mass is 130 g/mol. The van der Waals surface area contributed by atoms with E-state index in [0.717, 1.165) is 6.42 Å². The molecular formula is C6H14N2O. The Morgan fingerprint density at radius 1 is 1.78 bits per heavy atom. The SMILES string of the molecule is CCC(CN)CNC=O. The van der Waals surface area contributed by atoms with Crippen LogP contribution in [0.1, 0.15) is 13.3 Å². The van der Waals surface area contributed by atoms with Crippen molar-refractivity contribution in [1.82, 2.24) is 5.32 Å². The Hall–Kier alpha value is -0.570. The Kier molecular flexibility index (Phi) is 5.21. The molecule has 3 nitrogen and oxygen atoms in total. The van der Waals surface area contributed by atoms with E-state index in [4.69, 9.17) is 5.73 Å². The van der Waals surface area contributed by atoms with E-state index in [1.165, 1.54) is 0 Å². The lowest BCUT2D eigenvalue weighted by Crippen LogP contribution is -2.26. The van der Waals surface area contributed by atoms with E-state index >= 15 is 0 Å². The van der Waals surface area contributed by atoms with Gasteiger partial charge in [-0.05, 0) is 12.5 Å². The predicted molar refractivity (Wildman–Crippen MR) is 36.9 cm³/mol. The minimum Gasteiger partial charge on any atom is -0.358 e. The minimum absolute atomic E-state index is 0.440. The fourth-order valence-corrected chi connectivity index (χ4v) is 0.609. The van der Waals surface area contributed by atoms with Gasteiger partial charge in [0.15, 0.2) is 0 Å². The van der Waals surface area contributed by atoms with Gasteiger partial charge in [0, 0.05) is 6.54 Å². The zero-order valence-electron chi connectivity index (χ0n) is 5.76. The summed E-state index contributed by atoms with van der Waals surface area (Å²) in [6.07, 6.45) is 1.73. The minimum atomic E-state index is 0.440. The molecule has 0 aliphatic heterocycles. The highest BCUT2D eigenvalue weighted by Gasteiger charge is 2.00. The first-order valence-corrected chi connectivity index (χ1v) is 3.22. The van der Waals surface area contributed by atoms with Crippen LogP contribution in [-0.4, -0.2) is 19.5 Å². The largest absolute Gasteiger partial charge is 0.358 e. The Morgan fingerprint density at radius 2 is 2.44 bits per heavy atom. The van der Waals surface area contributed by atoms with Crippen molar-refractivity contribution in [3.8, 4) is 0 Å². The molecule has 0 aliphatic carbocycles. The lowest BCUT2D eigenvalue weighted by atomic mass is 10.1. The lowest BCUT2D eigenvalue weighted by molar-refractivity contribution is -0.109. The van der Waals surface area contributed by atoms with E-state index in [1.807, 2.05) is 0 Å². The van der Waals surface area contributed by atoms with Crippen LogP contribution in [0.4, 0.5) is 0 Å². The number of hydrogen-bond acceptors (Lipinski definition) is 2. The molecule has 0 spiro atoms. The summed E-state index contributed by atoms with van der Waals surface area (Å²) in [7, 11) is 0. The Balaban J connectivity index is 3.19. The van der Waals surface area contributed by atoms with Crippen LogP contribution in [0.15, 0.2) is 0 Å². The molecule has 0 rings (SSSR count). The summed E-state index contributed by atoms with van der Waals surface area (Å²) in [6.45, 7) is 3.41. The zero-order valence-corrected chi connectivity index (χ0v) is 5.76. The molecule has 1 unspecified atom stereocenters. The summed E-state index contributed by atoms with van der Waals surface area (Å²) >= 11 is 0. The second-order valence-corrected chi connectivity index (χ2v) is 2.04. The molecular weight excluding hydrogens is 116 g/mol. The maximum Gasteiger partial charge on any atom is 0.207 e. The molecule has 9 heavy (non-hydrogen) atoms. The maximum atomic E-state index is 9.79. The lowest BCUT2D eigenvalue weighted by Gasteiger charge is -2.09. The van der Waals surface area contributed by atoms with Gasteiger partial charge >= 0.3 is 0 Å². The molecule has 54 valence electrons. The molecule has 0 saturated heterocycles. The third kappa shape index (κ3) is 3.97. The average Bonchev–Trinajstić information content (AvgIpc) is 1.91. The van der Waals surface area contributed by atoms with Crippen molar-refractivity contribution in [2.75, 3.05) is 13.1 Å². The maximum absolute atomic E-state index is 9.79. The molecule has 0 aliphatic rings. The van der Waals surface area contributed by atoms with Gasteiger partial charge in [0.1, 0.15) is 0 Å². The van der Waals surface area contributed by atoms with E-state index < -0.39 is 0 Å². The van der Waals surface area contributed by atoms with Crippen LogP contribution >= 0.6 is 0 Å². The van der Waals surface area contributed by atoms with Crippen molar-refractivity contribution in [2.24, 2.45) is 11.7 Å². The number of amides is 1. The van der Waals surface area contributed by atoms with E-state index in [9.17, 15) is 4.79 Å². The number of hydrogen-bond donors (Lipinski definition) is 2. The van der Waals surface area contributed by atoms with E-state index in [1.54, 1.807) is 0 Å². The Morgan fingerprint density at radius 3 is 2.78 bits per heavy atom. The number of nitrogens with two attached hydrogens (primary N) is 1. The van der Waals surface area contributed by atoms with Gasteiger partial charge in [-0.1, -0.05) is 13.3 Å². The fraction of sp³-hybridized carbons (Fsp3) is 0.833. The molecule has 0 fully saturated rings. The number of nitrogens with one attached hydrogen (secondary N) is 1. The summed E-state index contributed by atoms with van der Waals surface area (Å²) in [6, 6.07) is 0. The van der Waals surface area contributed by atoms with Crippen LogP contribution in [0.2, 0.25) is 0 Å². The van der Waals surface area contributed by atoms with Crippen molar-refractivity contribution in [2.45, 2.75) is 13.3 Å². The summed E-state index contributed by atoms with van der Waals surface area (Å²) in [4.78, 5) is 9.79. The van der Waals surface area contributed by atoms with Crippen molar-refractivity contribution in [3.05, 3.63) is 0 Å². The third-order valence-corrected chi connectivity index (χ3v) is 1.40. The standard InChI is InChI=1S/C6H14N2O/c1-2-6(3-7)4-8-5-9/h5-6H,2-4,7H2,1H3,(H,8,9). The van der Waals surface area contributed by atoms with Crippen LogP contribution < -0.4 is 11.1 Å². The summed E-state index contributed by atoms with van der Waals surface area (Å²) in [5.41, 5.74) is 5.37. The van der Waals surface area contributed by atoms with Gasteiger partial charge in [-0.3, -0.25) is 4.79 Å². The number of rotatable bonds is 5. The molecule has 0 aromatic carbocycles. The molecule has 1 atom stereocenters. The van der Waals surface area contributed by atoms with Gasteiger partial charge in [-0.2, -0.15) is 0 Å². The molecule has 3 heteroatoms. The van der Waals surface area contributed by atoms with Crippen molar-refractivity contribution >= 4 is 6.41 Å². The first-order valence-electron chi connectivity index (χ1n) is 3.22. The summed E-state index contributed by atoms with van der Waals surface area (Å²) in [5.74, 6) is 0.440. The topological polar surface area (TPSA) is 55.1 Å². The number of carbonyl (C=O) groups excluding carboxylic acids is 1. The number of carbonyl (C=O) groups is 1. The first-order chi connectivity index (χ1) is 4.35. The average molecular weight is 130 g/mol. The van der Waals surface area contributed by atoms with Crippen LogP contribution in [0.3, 0.4) is 0 Å². The predicted octanol–water partition coefficient (Wildman–Crippen LogP) is -0.283. The van der Waals surface area contributed by atoms with Gasteiger partial charge in [0.2, 0.25) is 6.41 Å². The molecule has 0 saturated carbocycles. The second kappa shape index (κ2) is 5.56. The highest BCUT2D eigenvalue weighted by Crippen LogP contribution is 1.95. The second-order valence-electron chi connectivity index (χ2n) is 2.04. The van der Waals surface area contributed by atoms with Crippen molar-refractivity contribution in [1.29, 1.82) is 0 Å². The van der Waals surface area contributed by atoms with E-state index in [0.29, 0.717) is 25.4 Å². The zero-order chi connectivity index (χ0) is 7.11. The Bertz CT molecular complexity index is 71.5. The quantitative estimate of drug-likeness (QED) is 0.503. The third-order valence-electron chi connectivity index (χ3n) is 1.40. The fourth-order valence-electron chi connectivity index (χ4n) is 0.609. The summed E-state index contributed by atoms with van der Waals surface area (Å²) in [5, 5.41) is 2.59. The van der Waals surface area contributed by atoms with E-state index in [-0.39, 0.29) is 0 Å². The van der Waals surface area contributed by atoms with Crippen LogP contribution in [0.25, 0.3) is 0 Å². The van der Waals surface area contributed by atoms with Crippen molar-refractivity contribution in [3.63, 3.8) is 0 Å². The highest BCUT2D eigenvalue weighted by molar-refractivity contribution is 5.45.